The van der Waals surface area contributed by atoms with Crippen LogP contribution in [0.15, 0.2) is 51.9 Å². The van der Waals surface area contributed by atoms with Gasteiger partial charge in [0.1, 0.15) is 0 Å². The first kappa shape index (κ1) is 15.8. The van der Waals surface area contributed by atoms with Gasteiger partial charge >= 0.3 is 5.76 Å². The molecule has 2 aromatic heterocycles. The number of H-pyrrole nitrogens is 1. The van der Waals surface area contributed by atoms with Crippen molar-refractivity contribution in [2.45, 2.75) is 6.42 Å². The van der Waals surface area contributed by atoms with Crippen LogP contribution in [0.2, 0.25) is 0 Å². The number of amides is 1. The zero-order valence-electron chi connectivity index (χ0n) is 11.5. The van der Waals surface area contributed by atoms with Gasteiger partial charge in [-0.1, -0.05) is 6.07 Å². The first-order chi connectivity index (χ1) is 10.2. The van der Waals surface area contributed by atoms with Crippen LogP contribution in [-0.4, -0.2) is 22.4 Å². The molecule has 0 spiro atoms. The smallest absolute Gasteiger partial charge is 0.408 e. The van der Waals surface area contributed by atoms with E-state index in [4.69, 9.17) is 4.42 Å². The summed E-state index contributed by atoms with van der Waals surface area (Å²) >= 11 is 0. The molecule has 3 rings (SSSR count). The minimum absolute atomic E-state index is 0. The second kappa shape index (κ2) is 6.91. The van der Waals surface area contributed by atoms with Gasteiger partial charge in [0.05, 0.1) is 11.1 Å². The minimum Gasteiger partial charge on any atom is -0.408 e. The number of oxazole rings is 1. The maximum absolute atomic E-state index is 11.8. The summed E-state index contributed by atoms with van der Waals surface area (Å²) in [6, 6.07) is 8.89. The Labute approximate surface area is 132 Å². The molecular weight excluding hydrogens is 306 g/mol. The van der Waals surface area contributed by atoms with Crippen molar-refractivity contribution in [2.75, 3.05) is 6.54 Å². The number of hydrogen-bond donors (Lipinski definition) is 2. The number of aromatic nitrogens is 2. The van der Waals surface area contributed by atoms with Crippen molar-refractivity contribution in [2.24, 2.45) is 0 Å². The summed E-state index contributed by atoms with van der Waals surface area (Å²) < 4.78 is 4.94. The van der Waals surface area contributed by atoms with Gasteiger partial charge in [0, 0.05) is 18.9 Å². The van der Waals surface area contributed by atoms with Gasteiger partial charge in [-0.05, 0) is 36.2 Å². The topological polar surface area (TPSA) is 88.0 Å². The molecule has 0 fully saturated rings. The average molecular weight is 320 g/mol. The normalized spacial score (nSPS) is 10.2. The second-order valence-corrected chi connectivity index (χ2v) is 4.59. The Bertz CT molecular complexity index is 827. The number of hydrogen-bond acceptors (Lipinski definition) is 4. The molecule has 0 aliphatic rings. The third-order valence-corrected chi connectivity index (χ3v) is 3.11. The lowest BCUT2D eigenvalue weighted by molar-refractivity contribution is 0.0954. The number of carbonyl (C=O) groups is 1. The average Bonchev–Trinajstić information content (AvgIpc) is 2.87. The molecule has 0 saturated carbocycles. The molecule has 6 nitrogen and oxygen atoms in total. The van der Waals surface area contributed by atoms with Gasteiger partial charge in [-0.2, -0.15) is 0 Å². The fourth-order valence-electron chi connectivity index (χ4n) is 2.07. The van der Waals surface area contributed by atoms with Crippen molar-refractivity contribution in [1.29, 1.82) is 0 Å². The van der Waals surface area contributed by atoms with Crippen molar-refractivity contribution >= 4 is 29.4 Å². The highest BCUT2D eigenvalue weighted by Crippen LogP contribution is 2.12. The molecule has 0 aliphatic carbocycles. The highest BCUT2D eigenvalue weighted by Gasteiger charge is 2.05. The maximum atomic E-state index is 11.8. The van der Waals surface area contributed by atoms with Crippen LogP contribution in [0.25, 0.3) is 11.1 Å². The van der Waals surface area contributed by atoms with Gasteiger partial charge < -0.3 is 9.73 Å². The van der Waals surface area contributed by atoms with E-state index in [-0.39, 0.29) is 18.3 Å². The van der Waals surface area contributed by atoms with E-state index in [2.05, 4.69) is 15.3 Å². The number of nitrogens with zero attached hydrogens (tertiary/aromatic N) is 1. The van der Waals surface area contributed by atoms with Crippen molar-refractivity contribution in [3.63, 3.8) is 0 Å². The van der Waals surface area contributed by atoms with E-state index in [9.17, 15) is 9.59 Å². The van der Waals surface area contributed by atoms with Crippen molar-refractivity contribution in [3.05, 3.63) is 64.4 Å². The van der Waals surface area contributed by atoms with Crippen LogP contribution < -0.4 is 11.1 Å². The van der Waals surface area contributed by atoms with Gasteiger partial charge in [-0.25, -0.2) is 4.79 Å². The standard InChI is InChI=1S/C15H13N3O3.ClH/c19-14(11-2-1-6-16-9-11)17-7-5-10-3-4-13-12(8-10)18-15(20)21-13;/h1-4,6,8-9H,5,7H2,(H,17,19)(H,18,20);1H. The molecule has 2 N–H and O–H groups in total. The molecule has 0 radical (unpaired) electrons. The maximum Gasteiger partial charge on any atom is 0.417 e. The molecule has 0 bridgehead atoms. The van der Waals surface area contributed by atoms with E-state index in [0.717, 1.165) is 5.56 Å². The first-order valence-corrected chi connectivity index (χ1v) is 6.52. The molecule has 1 aromatic carbocycles. The van der Waals surface area contributed by atoms with E-state index in [1.54, 1.807) is 24.4 Å². The fraction of sp³-hybridized carbons (Fsp3) is 0.133. The number of nitrogens with one attached hydrogen (secondary N) is 2. The zero-order chi connectivity index (χ0) is 14.7. The summed E-state index contributed by atoms with van der Waals surface area (Å²) in [7, 11) is 0. The van der Waals surface area contributed by atoms with Crippen LogP contribution in [0, 0.1) is 0 Å². The Morgan fingerprint density at radius 1 is 1.32 bits per heavy atom. The number of rotatable bonds is 4. The van der Waals surface area contributed by atoms with Crippen molar-refractivity contribution in [1.82, 2.24) is 15.3 Å². The van der Waals surface area contributed by atoms with E-state index in [0.29, 0.717) is 29.6 Å². The molecule has 0 atom stereocenters. The summed E-state index contributed by atoms with van der Waals surface area (Å²) in [5, 5.41) is 2.83. The molecule has 0 saturated heterocycles. The van der Waals surface area contributed by atoms with Gasteiger partial charge in [0.2, 0.25) is 0 Å². The summed E-state index contributed by atoms with van der Waals surface area (Å²) in [5.41, 5.74) is 2.73. The summed E-state index contributed by atoms with van der Waals surface area (Å²) in [6.45, 7) is 0.501. The van der Waals surface area contributed by atoms with Crippen LogP contribution in [-0.2, 0) is 6.42 Å². The SMILES string of the molecule is Cl.O=C(NCCc1ccc2oc(=O)[nH]c2c1)c1cccnc1. The van der Waals surface area contributed by atoms with Gasteiger partial charge in [-0.3, -0.25) is 14.8 Å². The van der Waals surface area contributed by atoms with E-state index >= 15 is 0 Å². The number of fused-ring (bicyclic) bond motifs is 1. The molecule has 1 amide bonds. The van der Waals surface area contributed by atoms with Gasteiger partial charge in [-0.15, -0.1) is 12.4 Å². The minimum atomic E-state index is -0.466. The summed E-state index contributed by atoms with van der Waals surface area (Å²) in [6.07, 6.45) is 3.81. The Kier molecular flexibility index (Phi) is 4.95. The predicted molar refractivity (Wildman–Crippen MR) is 84.4 cm³/mol. The molecule has 22 heavy (non-hydrogen) atoms. The van der Waals surface area contributed by atoms with E-state index in [1.165, 1.54) is 6.20 Å². The Balaban J connectivity index is 0.00000176. The lowest BCUT2D eigenvalue weighted by Gasteiger charge is -2.05. The Hall–Kier alpha value is -2.60. The molecule has 0 unspecified atom stereocenters. The molecule has 2 heterocycles. The van der Waals surface area contributed by atoms with Crippen molar-refractivity contribution in [3.8, 4) is 0 Å². The van der Waals surface area contributed by atoms with Gasteiger partial charge in [0.15, 0.2) is 5.58 Å². The predicted octanol–water partition coefficient (Wildman–Crippen LogP) is 1.91. The number of aromatic amines is 1. The Morgan fingerprint density at radius 3 is 2.95 bits per heavy atom. The largest absolute Gasteiger partial charge is 0.417 e. The van der Waals surface area contributed by atoms with Crippen LogP contribution in [0.3, 0.4) is 0 Å². The van der Waals surface area contributed by atoms with E-state index in [1.807, 2.05) is 12.1 Å². The summed E-state index contributed by atoms with van der Waals surface area (Å²) in [4.78, 5) is 29.4. The van der Waals surface area contributed by atoms with Crippen LogP contribution in [0.1, 0.15) is 15.9 Å². The molecule has 3 aromatic rings. The zero-order valence-corrected chi connectivity index (χ0v) is 12.4. The molecule has 114 valence electrons. The van der Waals surface area contributed by atoms with Crippen LogP contribution in [0.5, 0.6) is 0 Å². The van der Waals surface area contributed by atoms with Crippen LogP contribution in [0.4, 0.5) is 0 Å². The lowest BCUT2D eigenvalue weighted by Crippen LogP contribution is -2.25. The molecule has 0 aliphatic heterocycles. The second-order valence-electron chi connectivity index (χ2n) is 4.59. The quantitative estimate of drug-likeness (QED) is 0.769. The highest BCUT2D eigenvalue weighted by atomic mass is 35.5. The molecular formula is C15H14ClN3O3. The summed E-state index contributed by atoms with van der Waals surface area (Å²) in [5.74, 6) is -0.618. The molecule has 7 heteroatoms. The Morgan fingerprint density at radius 2 is 2.18 bits per heavy atom. The number of carbonyl (C=O) groups excluding carboxylic acids is 1. The third kappa shape index (κ3) is 3.53. The highest BCUT2D eigenvalue weighted by molar-refractivity contribution is 5.93. The fourth-order valence-corrected chi connectivity index (χ4v) is 2.07. The number of benzene rings is 1. The number of halogens is 1. The lowest BCUT2D eigenvalue weighted by atomic mass is 10.1. The van der Waals surface area contributed by atoms with Crippen LogP contribution >= 0.6 is 12.4 Å². The third-order valence-electron chi connectivity index (χ3n) is 3.11. The van der Waals surface area contributed by atoms with E-state index < -0.39 is 5.76 Å². The first-order valence-electron chi connectivity index (χ1n) is 6.52. The number of pyridine rings is 1. The van der Waals surface area contributed by atoms with Crippen molar-refractivity contribution < 1.29 is 9.21 Å². The monoisotopic (exact) mass is 319 g/mol. The van der Waals surface area contributed by atoms with Gasteiger partial charge in [0.25, 0.3) is 5.91 Å².